The van der Waals surface area contributed by atoms with E-state index in [1.807, 2.05) is 6.07 Å². The molecular formula is C20H23ClN6O. The van der Waals surface area contributed by atoms with Gasteiger partial charge in [-0.15, -0.1) is 0 Å². The number of aryl methyl sites for hydroxylation is 1. The van der Waals surface area contributed by atoms with E-state index >= 15 is 0 Å². The zero-order valence-electron chi connectivity index (χ0n) is 15.9. The normalized spacial score (nSPS) is 22.0. The van der Waals surface area contributed by atoms with Crippen LogP contribution in [0.15, 0.2) is 18.5 Å². The van der Waals surface area contributed by atoms with Gasteiger partial charge in [0.15, 0.2) is 0 Å². The van der Waals surface area contributed by atoms with E-state index in [2.05, 4.69) is 24.8 Å². The minimum absolute atomic E-state index is 0.350. The maximum Gasteiger partial charge on any atom is 0.225 e. The number of piperidine rings is 1. The van der Waals surface area contributed by atoms with E-state index < -0.39 is 0 Å². The first-order chi connectivity index (χ1) is 13.6. The lowest BCUT2D eigenvalue weighted by molar-refractivity contribution is 0.275. The second kappa shape index (κ2) is 8.27. The molecule has 4 rings (SSSR count). The molecule has 0 amide bonds. The summed E-state index contributed by atoms with van der Waals surface area (Å²) >= 11 is 5.87. The molecule has 0 N–H and O–H groups in total. The van der Waals surface area contributed by atoms with Crippen molar-refractivity contribution in [1.29, 1.82) is 5.26 Å². The van der Waals surface area contributed by atoms with Crippen molar-refractivity contribution in [1.82, 2.24) is 19.9 Å². The highest BCUT2D eigenvalue weighted by atomic mass is 35.5. The van der Waals surface area contributed by atoms with Gasteiger partial charge in [-0.1, -0.05) is 11.6 Å². The number of aromatic nitrogens is 4. The van der Waals surface area contributed by atoms with Crippen LogP contribution in [-0.2, 0) is 0 Å². The zero-order chi connectivity index (χ0) is 19.5. The summed E-state index contributed by atoms with van der Waals surface area (Å²) in [5.74, 6) is 4.16. The molecule has 2 aromatic heterocycles. The SMILES string of the molecule is Cc1nc(C#N)cc(OCC[C@H]2C[C@H]2C2CCN(c3ncc(Cl)cn3)CC2)n1. The second-order valence-electron chi connectivity index (χ2n) is 7.57. The lowest BCUT2D eigenvalue weighted by atomic mass is 9.90. The van der Waals surface area contributed by atoms with Crippen molar-refractivity contribution in [3.8, 4) is 11.9 Å². The lowest BCUT2D eigenvalue weighted by Crippen LogP contribution is -2.35. The molecule has 3 heterocycles. The van der Waals surface area contributed by atoms with E-state index in [0.717, 1.165) is 43.2 Å². The first kappa shape index (κ1) is 18.9. The second-order valence-corrected chi connectivity index (χ2v) is 8.01. The van der Waals surface area contributed by atoms with E-state index in [0.29, 0.717) is 29.0 Å². The van der Waals surface area contributed by atoms with Crippen LogP contribution >= 0.6 is 11.6 Å². The van der Waals surface area contributed by atoms with Gasteiger partial charge in [-0.3, -0.25) is 0 Å². The van der Waals surface area contributed by atoms with Crippen LogP contribution in [0, 0.1) is 36.0 Å². The smallest absolute Gasteiger partial charge is 0.225 e. The lowest BCUT2D eigenvalue weighted by Gasteiger charge is -2.32. The summed E-state index contributed by atoms with van der Waals surface area (Å²) in [5, 5.41) is 9.55. The third-order valence-electron chi connectivity index (χ3n) is 5.68. The van der Waals surface area contributed by atoms with Crippen LogP contribution in [0.1, 0.15) is 37.2 Å². The molecular weight excluding hydrogens is 376 g/mol. The fourth-order valence-corrected chi connectivity index (χ4v) is 4.26. The molecule has 146 valence electrons. The molecule has 0 unspecified atom stereocenters. The van der Waals surface area contributed by atoms with Gasteiger partial charge >= 0.3 is 0 Å². The Labute approximate surface area is 169 Å². The number of rotatable bonds is 6. The third-order valence-corrected chi connectivity index (χ3v) is 5.87. The standard InChI is InChI=1S/C20H23ClN6O/c1-13-25-17(10-22)9-19(26-13)28-7-4-15-8-18(15)14-2-5-27(6-3-14)20-23-11-16(21)12-24-20/h9,11-12,14-15,18H,2-8H2,1H3/t15-,18-/m0/s1. The summed E-state index contributed by atoms with van der Waals surface area (Å²) < 4.78 is 5.76. The molecule has 0 aromatic carbocycles. The summed E-state index contributed by atoms with van der Waals surface area (Å²) in [5.41, 5.74) is 0.350. The maximum atomic E-state index is 8.98. The van der Waals surface area contributed by atoms with Crippen LogP contribution in [0.3, 0.4) is 0 Å². The quantitative estimate of drug-likeness (QED) is 0.736. The Balaban J connectivity index is 1.20. The van der Waals surface area contributed by atoms with Crippen LogP contribution in [0.25, 0.3) is 0 Å². The molecule has 0 radical (unpaired) electrons. The Morgan fingerprint density at radius 2 is 2.00 bits per heavy atom. The van der Waals surface area contributed by atoms with E-state index in [1.54, 1.807) is 25.4 Å². The highest BCUT2D eigenvalue weighted by Crippen LogP contribution is 2.49. The molecule has 1 aliphatic carbocycles. The van der Waals surface area contributed by atoms with Crippen molar-refractivity contribution >= 4 is 17.5 Å². The molecule has 7 nitrogen and oxygen atoms in total. The first-order valence-electron chi connectivity index (χ1n) is 9.73. The monoisotopic (exact) mass is 398 g/mol. The molecule has 1 aliphatic heterocycles. The number of halogens is 1. The molecule has 8 heteroatoms. The van der Waals surface area contributed by atoms with Crippen molar-refractivity contribution in [3.05, 3.63) is 35.0 Å². The van der Waals surface area contributed by atoms with E-state index in [4.69, 9.17) is 21.6 Å². The summed E-state index contributed by atoms with van der Waals surface area (Å²) in [6, 6.07) is 3.64. The van der Waals surface area contributed by atoms with E-state index in [-0.39, 0.29) is 0 Å². The van der Waals surface area contributed by atoms with Gasteiger partial charge in [-0.2, -0.15) is 10.2 Å². The van der Waals surface area contributed by atoms with Gasteiger partial charge in [-0.05, 0) is 50.4 Å². The molecule has 0 spiro atoms. The number of hydrogen-bond acceptors (Lipinski definition) is 7. The van der Waals surface area contributed by atoms with Gasteiger partial charge in [0.1, 0.15) is 17.6 Å². The highest BCUT2D eigenvalue weighted by molar-refractivity contribution is 6.30. The average Bonchev–Trinajstić information content (AvgIpc) is 3.48. The minimum atomic E-state index is 0.350. The Morgan fingerprint density at radius 3 is 2.71 bits per heavy atom. The first-order valence-corrected chi connectivity index (χ1v) is 10.1. The van der Waals surface area contributed by atoms with Crippen LogP contribution in [-0.4, -0.2) is 39.6 Å². The number of hydrogen-bond donors (Lipinski definition) is 0. The predicted octanol–water partition coefficient (Wildman–Crippen LogP) is 3.42. The molecule has 2 fully saturated rings. The number of nitrogens with zero attached hydrogens (tertiary/aromatic N) is 6. The molecule has 1 saturated carbocycles. The van der Waals surface area contributed by atoms with E-state index in [9.17, 15) is 0 Å². The Kier molecular flexibility index (Phi) is 5.58. The minimum Gasteiger partial charge on any atom is -0.478 e. The molecule has 2 atom stereocenters. The molecule has 2 aromatic rings. The molecule has 2 aliphatic rings. The van der Waals surface area contributed by atoms with Gasteiger partial charge in [-0.25, -0.2) is 15.0 Å². The summed E-state index contributed by atoms with van der Waals surface area (Å²) in [4.78, 5) is 19.2. The van der Waals surface area contributed by atoms with Crippen molar-refractivity contribution in [3.63, 3.8) is 0 Å². The fraction of sp³-hybridized carbons (Fsp3) is 0.550. The summed E-state index contributed by atoms with van der Waals surface area (Å²) in [7, 11) is 0. The largest absolute Gasteiger partial charge is 0.478 e. The van der Waals surface area contributed by atoms with Crippen LogP contribution in [0.2, 0.25) is 5.02 Å². The van der Waals surface area contributed by atoms with Crippen molar-refractivity contribution < 1.29 is 4.74 Å². The summed E-state index contributed by atoms with van der Waals surface area (Å²) in [6.07, 6.45) is 8.01. The molecule has 28 heavy (non-hydrogen) atoms. The number of nitriles is 1. The zero-order valence-corrected chi connectivity index (χ0v) is 16.6. The van der Waals surface area contributed by atoms with Gasteiger partial charge < -0.3 is 9.64 Å². The fourth-order valence-electron chi connectivity index (χ4n) is 4.16. The van der Waals surface area contributed by atoms with Crippen LogP contribution < -0.4 is 9.64 Å². The molecule has 0 bridgehead atoms. The van der Waals surface area contributed by atoms with Gasteiger partial charge in [0, 0.05) is 19.2 Å². The summed E-state index contributed by atoms with van der Waals surface area (Å²) in [6.45, 7) is 4.42. The Morgan fingerprint density at radius 1 is 1.25 bits per heavy atom. The van der Waals surface area contributed by atoms with Crippen LogP contribution in [0.5, 0.6) is 5.88 Å². The number of anilines is 1. The van der Waals surface area contributed by atoms with Crippen molar-refractivity contribution in [2.75, 3.05) is 24.6 Å². The Bertz CT molecular complexity index is 860. The highest BCUT2D eigenvalue weighted by Gasteiger charge is 2.43. The predicted molar refractivity (Wildman–Crippen MR) is 105 cm³/mol. The van der Waals surface area contributed by atoms with Gasteiger partial charge in [0.05, 0.1) is 24.0 Å². The average molecular weight is 399 g/mol. The third kappa shape index (κ3) is 4.50. The molecule has 1 saturated heterocycles. The van der Waals surface area contributed by atoms with Gasteiger partial charge in [0.25, 0.3) is 0 Å². The maximum absolute atomic E-state index is 8.98. The van der Waals surface area contributed by atoms with Crippen molar-refractivity contribution in [2.45, 2.75) is 32.6 Å². The number of ether oxygens (including phenoxy) is 1. The van der Waals surface area contributed by atoms with Crippen molar-refractivity contribution in [2.24, 2.45) is 17.8 Å². The van der Waals surface area contributed by atoms with Gasteiger partial charge in [0.2, 0.25) is 11.8 Å². The Hall–Kier alpha value is -2.46. The van der Waals surface area contributed by atoms with Crippen LogP contribution in [0.4, 0.5) is 5.95 Å². The topological polar surface area (TPSA) is 87.8 Å². The van der Waals surface area contributed by atoms with E-state index in [1.165, 1.54) is 19.3 Å².